The average Bonchev–Trinajstić information content (AvgIpc) is 2.87. The van der Waals surface area contributed by atoms with Crippen LogP contribution in [0.2, 0.25) is 0 Å². The van der Waals surface area contributed by atoms with Crippen LogP contribution in [0, 0.1) is 0 Å². The molecular weight excluding hydrogens is 408 g/mol. The molecule has 4 aromatic carbocycles. The lowest BCUT2D eigenvalue weighted by molar-refractivity contribution is 1.45. The lowest BCUT2D eigenvalue weighted by Crippen LogP contribution is -1.90. The SMILES string of the molecule is [N-]=[N+]=Nc1ccc(C(=C=C(c2ccccc2)c2cccc(N=[N+]=[N-])c2)c2ccccc2)cc1. The van der Waals surface area contributed by atoms with Crippen molar-refractivity contribution in [2.24, 2.45) is 10.2 Å². The van der Waals surface area contributed by atoms with Gasteiger partial charge in [0, 0.05) is 32.3 Å². The van der Waals surface area contributed by atoms with Crippen LogP contribution >= 0.6 is 0 Å². The molecule has 6 heteroatoms. The van der Waals surface area contributed by atoms with E-state index in [0.29, 0.717) is 11.4 Å². The van der Waals surface area contributed by atoms with Gasteiger partial charge in [0.1, 0.15) is 0 Å². The first-order chi connectivity index (χ1) is 16.3. The quantitative estimate of drug-likeness (QED) is 0.127. The molecule has 0 aromatic heterocycles. The van der Waals surface area contributed by atoms with Crippen molar-refractivity contribution in [2.45, 2.75) is 0 Å². The molecule has 0 N–H and O–H groups in total. The highest BCUT2D eigenvalue weighted by atomic mass is 15.1. The Labute approximate surface area is 191 Å². The summed E-state index contributed by atoms with van der Waals surface area (Å²) in [5.74, 6) is 0. The highest BCUT2D eigenvalue weighted by molar-refractivity contribution is 5.89. The Morgan fingerprint density at radius 2 is 1.00 bits per heavy atom. The van der Waals surface area contributed by atoms with E-state index in [9.17, 15) is 0 Å². The highest BCUT2D eigenvalue weighted by Crippen LogP contribution is 2.30. The van der Waals surface area contributed by atoms with E-state index >= 15 is 0 Å². The van der Waals surface area contributed by atoms with E-state index in [1.165, 1.54) is 0 Å². The van der Waals surface area contributed by atoms with Crippen molar-refractivity contribution in [1.82, 2.24) is 0 Å². The van der Waals surface area contributed by atoms with Crippen LogP contribution in [0.25, 0.3) is 32.0 Å². The molecule has 0 aliphatic rings. The molecule has 4 rings (SSSR count). The number of rotatable bonds is 6. The van der Waals surface area contributed by atoms with Crippen molar-refractivity contribution in [3.8, 4) is 0 Å². The summed E-state index contributed by atoms with van der Waals surface area (Å²) >= 11 is 0. The second kappa shape index (κ2) is 10.4. The maximum Gasteiger partial charge on any atom is 0.0381 e. The van der Waals surface area contributed by atoms with Crippen molar-refractivity contribution >= 4 is 22.5 Å². The molecule has 0 aliphatic carbocycles. The largest absolute Gasteiger partial charge is 0.102 e. The minimum atomic E-state index is 0.533. The van der Waals surface area contributed by atoms with Gasteiger partial charge in [-0.3, -0.25) is 0 Å². The Morgan fingerprint density at radius 3 is 1.58 bits per heavy atom. The fourth-order valence-corrected chi connectivity index (χ4v) is 3.48. The third-order valence-electron chi connectivity index (χ3n) is 4.99. The first kappa shape index (κ1) is 21.3. The Balaban J connectivity index is 2.04. The molecule has 0 heterocycles. The summed E-state index contributed by atoms with van der Waals surface area (Å²) < 4.78 is 0. The van der Waals surface area contributed by atoms with Crippen LogP contribution in [0.1, 0.15) is 22.3 Å². The van der Waals surface area contributed by atoms with Crippen LogP contribution in [0.5, 0.6) is 0 Å². The van der Waals surface area contributed by atoms with E-state index in [1.54, 1.807) is 18.2 Å². The Bertz CT molecular complexity index is 1420. The standard InChI is InChI=1S/C27H18N6/c28-32-30-24-16-14-22(15-17-24)26(20-8-3-1-4-9-20)19-27(21-10-5-2-6-11-21)23-12-7-13-25(18-23)31-33-29/h1-18H. The summed E-state index contributed by atoms with van der Waals surface area (Å²) in [6.45, 7) is 0. The number of hydrogen-bond acceptors (Lipinski definition) is 2. The molecule has 0 fully saturated rings. The number of benzene rings is 4. The fraction of sp³-hybridized carbons (Fsp3) is 0. The predicted octanol–water partition coefficient (Wildman–Crippen LogP) is 8.73. The van der Waals surface area contributed by atoms with Gasteiger partial charge in [-0.1, -0.05) is 113 Å². The van der Waals surface area contributed by atoms with Gasteiger partial charge in [-0.05, 0) is 39.4 Å². The van der Waals surface area contributed by atoms with Crippen molar-refractivity contribution in [3.05, 3.63) is 158 Å². The third kappa shape index (κ3) is 5.20. The molecule has 0 atom stereocenters. The third-order valence-corrected chi connectivity index (χ3v) is 4.99. The Kier molecular flexibility index (Phi) is 6.67. The summed E-state index contributed by atoms with van der Waals surface area (Å²) in [4.78, 5) is 5.77. The number of hydrogen-bond donors (Lipinski definition) is 0. The van der Waals surface area contributed by atoms with Crippen LogP contribution in [0.4, 0.5) is 11.4 Å². The van der Waals surface area contributed by atoms with Gasteiger partial charge in [0.25, 0.3) is 0 Å². The topological polar surface area (TPSA) is 97.5 Å². The molecule has 0 saturated carbocycles. The van der Waals surface area contributed by atoms with E-state index in [-0.39, 0.29) is 0 Å². The summed E-state index contributed by atoms with van der Waals surface area (Å²) in [6.07, 6.45) is 0. The van der Waals surface area contributed by atoms with Crippen molar-refractivity contribution in [2.75, 3.05) is 0 Å². The highest BCUT2D eigenvalue weighted by Gasteiger charge is 2.09. The normalized spacial score (nSPS) is 9.70. The lowest BCUT2D eigenvalue weighted by Gasteiger charge is -2.10. The van der Waals surface area contributed by atoms with Gasteiger partial charge in [0.2, 0.25) is 0 Å². The maximum absolute atomic E-state index is 8.87. The van der Waals surface area contributed by atoms with E-state index in [0.717, 1.165) is 33.4 Å². The summed E-state index contributed by atoms with van der Waals surface area (Å²) in [6, 6.07) is 34.8. The average molecular weight is 426 g/mol. The smallest absolute Gasteiger partial charge is 0.0381 e. The Morgan fingerprint density at radius 1 is 0.515 bits per heavy atom. The zero-order chi connectivity index (χ0) is 22.9. The van der Waals surface area contributed by atoms with Gasteiger partial charge in [-0.25, -0.2) is 0 Å². The van der Waals surface area contributed by atoms with Gasteiger partial charge >= 0.3 is 0 Å². The molecule has 156 valence electrons. The van der Waals surface area contributed by atoms with E-state index in [4.69, 9.17) is 11.1 Å². The summed E-state index contributed by atoms with van der Waals surface area (Å²) in [5, 5.41) is 7.43. The molecule has 33 heavy (non-hydrogen) atoms. The minimum Gasteiger partial charge on any atom is -0.102 e. The predicted molar refractivity (Wildman–Crippen MR) is 132 cm³/mol. The Hall–Kier alpha value is -4.98. The second-order valence-corrected chi connectivity index (χ2v) is 7.08. The zero-order valence-electron chi connectivity index (χ0n) is 17.6. The van der Waals surface area contributed by atoms with Crippen LogP contribution < -0.4 is 0 Å². The summed E-state index contributed by atoms with van der Waals surface area (Å²) in [7, 11) is 0. The van der Waals surface area contributed by atoms with Crippen LogP contribution in [0.3, 0.4) is 0 Å². The maximum atomic E-state index is 8.87. The lowest BCUT2D eigenvalue weighted by atomic mass is 9.93. The number of azide groups is 2. The van der Waals surface area contributed by atoms with E-state index in [1.807, 2.05) is 91.0 Å². The van der Waals surface area contributed by atoms with Gasteiger partial charge in [-0.2, -0.15) is 0 Å². The van der Waals surface area contributed by atoms with Crippen molar-refractivity contribution in [3.63, 3.8) is 0 Å². The molecule has 0 saturated heterocycles. The number of nitrogens with zero attached hydrogens (tertiary/aromatic N) is 6. The van der Waals surface area contributed by atoms with E-state index < -0.39 is 0 Å². The van der Waals surface area contributed by atoms with Crippen LogP contribution in [-0.2, 0) is 0 Å². The molecule has 4 aromatic rings. The minimum absolute atomic E-state index is 0.533. The van der Waals surface area contributed by atoms with Gasteiger partial charge < -0.3 is 0 Å². The van der Waals surface area contributed by atoms with Crippen molar-refractivity contribution in [1.29, 1.82) is 0 Å². The first-order valence-electron chi connectivity index (χ1n) is 10.2. The molecular formula is C27H18N6. The van der Waals surface area contributed by atoms with Crippen LogP contribution in [0.15, 0.2) is 125 Å². The summed E-state index contributed by atoms with van der Waals surface area (Å²) in [5.41, 5.74) is 27.8. The van der Waals surface area contributed by atoms with Gasteiger partial charge in [0.15, 0.2) is 0 Å². The molecule has 0 aliphatic heterocycles. The second-order valence-electron chi connectivity index (χ2n) is 7.08. The molecule has 0 amide bonds. The first-order valence-corrected chi connectivity index (χ1v) is 10.2. The molecule has 0 bridgehead atoms. The van der Waals surface area contributed by atoms with Gasteiger partial charge in [0.05, 0.1) is 0 Å². The zero-order valence-corrected chi connectivity index (χ0v) is 17.6. The molecule has 6 nitrogen and oxygen atoms in total. The molecule has 0 radical (unpaired) electrons. The van der Waals surface area contributed by atoms with Gasteiger partial charge in [-0.15, -0.1) is 5.73 Å². The molecule has 0 unspecified atom stereocenters. The van der Waals surface area contributed by atoms with Crippen molar-refractivity contribution < 1.29 is 0 Å². The molecule has 0 spiro atoms. The van der Waals surface area contributed by atoms with E-state index in [2.05, 4.69) is 25.8 Å². The monoisotopic (exact) mass is 426 g/mol. The van der Waals surface area contributed by atoms with Crippen LogP contribution in [-0.4, -0.2) is 0 Å². The fourth-order valence-electron chi connectivity index (χ4n) is 3.48.